The predicted octanol–water partition coefficient (Wildman–Crippen LogP) is 2.31. The second-order valence-electron chi connectivity index (χ2n) is 2.83. The molecule has 0 radical (unpaired) electrons. The summed E-state index contributed by atoms with van der Waals surface area (Å²) in [4.78, 5) is 11.0. The molecule has 3 N–H and O–H groups in total. The van der Waals surface area contributed by atoms with Gasteiger partial charge in [0.05, 0.1) is 12.2 Å². The summed E-state index contributed by atoms with van der Waals surface area (Å²) in [5, 5.41) is 3.24. The standard InChI is InChI=1S/C9H10BrClN2O/c1-5-2-6(10)8(3-7(5)11)13-9(14)4-12/h2-3H,4,12H2,1H3,(H,13,14). The van der Waals surface area contributed by atoms with Gasteiger partial charge in [-0.05, 0) is 40.5 Å². The third-order valence-electron chi connectivity index (χ3n) is 1.71. The van der Waals surface area contributed by atoms with Gasteiger partial charge in [0.25, 0.3) is 0 Å². The molecular weight excluding hydrogens is 267 g/mol. The van der Waals surface area contributed by atoms with Crippen LogP contribution in [0.3, 0.4) is 0 Å². The van der Waals surface area contributed by atoms with Crippen molar-refractivity contribution in [3.8, 4) is 0 Å². The van der Waals surface area contributed by atoms with Gasteiger partial charge in [-0.15, -0.1) is 0 Å². The molecule has 1 amide bonds. The predicted molar refractivity (Wildman–Crippen MR) is 61.6 cm³/mol. The molecule has 1 rings (SSSR count). The monoisotopic (exact) mass is 276 g/mol. The molecule has 0 fully saturated rings. The first-order valence-corrected chi connectivity index (χ1v) is 5.17. The highest BCUT2D eigenvalue weighted by Crippen LogP contribution is 2.28. The van der Waals surface area contributed by atoms with Gasteiger partial charge in [-0.1, -0.05) is 11.6 Å². The summed E-state index contributed by atoms with van der Waals surface area (Å²) in [5.74, 6) is -0.245. The Kier molecular flexibility index (Phi) is 3.92. The van der Waals surface area contributed by atoms with Crippen molar-refractivity contribution in [3.05, 3.63) is 27.2 Å². The number of benzene rings is 1. The lowest BCUT2D eigenvalue weighted by Gasteiger charge is -2.08. The summed E-state index contributed by atoms with van der Waals surface area (Å²) in [6.07, 6.45) is 0. The average Bonchev–Trinajstić information content (AvgIpc) is 2.14. The minimum absolute atomic E-state index is 0.0437. The van der Waals surface area contributed by atoms with Crippen LogP contribution in [0.1, 0.15) is 5.56 Å². The van der Waals surface area contributed by atoms with Crippen molar-refractivity contribution in [2.24, 2.45) is 5.73 Å². The Balaban J connectivity index is 2.98. The number of carbonyl (C=O) groups is 1. The van der Waals surface area contributed by atoms with Crippen molar-refractivity contribution in [3.63, 3.8) is 0 Å². The zero-order valence-electron chi connectivity index (χ0n) is 7.60. The SMILES string of the molecule is Cc1cc(Br)c(NC(=O)CN)cc1Cl. The number of hydrogen-bond donors (Lipinski definition) is 2. The first kappa shape index (κ1) is 11.5. The highest BCUT2D eigenvalue weighted by Gasteiger charge is 2.06. The summed E-state index contributed by atoms with van der Waals surface area (Å²) in [7, 11) is 0. The lowest BCUT2D eigenvalue weighted by molar-refractivity contribution is -0.114. The summed E-state index contributed by atoms with van der Waals surface area (Å²) >= 11 is 9.23. The molecule has 1 aromatic rings. The van der Waals surface area contributed by atoms with E-state index in [1.807, 2.05) is 13.0 Å². The molecule has 76 valence electrons. The van der Waals surface area contributed by atoms with Crippen molar-refractivity contribution >= 4 is 39.1 Å². The largest absolute Gasteiger partial charge is 0.324 e. The lowest BCUT2D eigenvalue weighted by atomic mass is 10.2. The van der Waals surface area contributed by atoms with Gasteiger partial charge in [-0.2, -0.15) is 0 Å². The average molecular weight is 278 g/mol. The van der Waals surface area contributed by atoms with Crippen LogP contribution in [0.5, 0.6) is 0 Å². The van der Waals surface area contributed by atoms with E-state index in [9.17, 15) is 4.79 Å². The Morgan fingerprint density at radius 3 is 2.86 bits per heavy atom. The van der Waals surface area contributed by atoms with Crippen LogP contribution in [0, 0.1) is 6.92 Å². The molecule has 0 bridgehead atoms. The Morgan fingerprint density at radius 2 is 2.29 bits per heavy atom. The van der Waals surface area contributed by atoms with Crippen molar-refractivity contribution in [2.45, 2.75) is 6.92 Å². The molecule has 0 aromatic heterocycles. The second-order valence-corrected chi connectivity index (χ2v) is 4.10. The lowest BCUT2D eigenvalue weighted by Crippen LogP contribution is -2.22. The molecule has 0 atom stereocenters. The van der Waals surface area contributed by atoms with Gasteiger partial charge in [0, 0.05) is 9.50 Å². The molecule has 5 heteroatoms. The second kappa shape index (κ2) is 4.77. The third-order valence-corrected chi connectivity index (χ3v) is 2.77. The number of nitrogens with one attached hydrogen (secondary N) is 1. The maximum atomic E-state index is 11.0. The number of rotatable bonds is 2. The maximum absolute atomic E-state index is 11.0. The number of carbonyl (C=O) groups excluding carboxylic acids is 1. The Hall–Kier alpha value is -0.580. The van der Waals surface area contributed by atoms with Crippen LogP contribution in [0.25, 0.3) is 0 Å². The molecule has 3 nitrogen and oxygen atoms in total. The van der Waals surface area contributed by atoms with Crippen LogP contribution in [0.15, 0.2) is 16.6 Å². The molecule has 0 heterocycles. The molecule has 0 saturated carbocycles. The summed E-state index contributed by atoms with van der Waals surface area (Å²) in [6.45, 7) is 1.85. The van der Waals surface area contributed by atoms with E-state index in [4.69, 9.17) is 17.3 Å². The molecular formula is C9H10BrClN2O. The third kappa shape index (κ3) is 2.70. The number of halogens is 2. The van der Waals surface area contributed by atoms with E-state index in [0.717, 1.165) is 10.0 Å². The Labute approximate surface area is 95.7 Å². The van der Waals surface area contributed by atoms with Gasteiger partial charge >= 0.3 is 0 Å². The van der Waals surface area contributed by atoms with Crippen molar-refractivity contribution in [1.29, 1.82) is 0 Å². The topological polar surface area (TPSA) is 55.1 Å². The quantitative estimate of drug-likeness (QED) is 0.871. The van der Waals surface area contributed by atoms with Gasteiger partial charge in [0.2, 0.25) is 5.91 Å². The summed E-state index contributed by atoms with van der Waals surface area (Å²) < 4.78 is 0.793. The molecule has 0 spiro atoms. The minimum Gasteiger partial charge on any atom is -0.324 e. The van der Waals surface area contributed by atoms with Gasteiger partial charge in [-0.25, -0.2) is 0 Å². The van der Waals surface area contributed by atoms with Gasteiger partial charge in [0.1, 0.15) is 0 Å². The Bertz CT molecular complexity index is 368. The van der Waals surface area contributed by atoms with Crippen molar-refractivity contribution in [1.82, 2.24) is 0 Å². The first-order valence-electron chi connectivity index (χ1n) is 4.00. The van der Waals surface area contributed by atoms with Gasteiger partial charge in [0.15, 0.2) is 0 Å². The fourth-order valence-electron chi connectivity index (χ4n) is 0.943. The number of aryl methyl sites for hydroxylation is 1. The maximum Gasteiger partial charge on any atom is 0.238 e. The minimum atomic E-state index is -0.245. The normalized spacial score (nSPS) is 10.0. The molecule has 1 aromatic carbocycles. The molecule has 0 aliphatic carbocycles. The smallest absolute Gasteiger partial charge is 0.238 e. The highest BCUT2D eigenvalue weighted by molar-refractivity contribution is 9.10. The van der Waals surface area contributed by atoms with E-state index in [1.165, 1.54) is 0 Å². The van der Waals surface area contributed by atoms with E-state index in [-0.39, 0.29) is 12.5 Å². The van der Waals surface area contributed by atoms with Crippen molar-refractivity contribution in [2.75, 3.05) is 11.9 Å². The van der Waals surface area contributed by atoms with Crippen LogP contribution < -0.4 is 11.1 Å². The molecule has 14 heavy (non-hydrogen) atoms. The van der Waals surface area contributed by atoms with Crippen LogP contribution in [-0.4, -0.2) is 12.5 Å². The van der Waals surface area contributed by atoms with E-state index in [1.54, 1.807) is 6.07 Å². The van der Waals surface area contributed by atoms with Gasteiger partial charge < -0.3 is 11.1 Å². The fraction of sp³-hybridized carbons (Fsp3) is 0.222. The van der Waals surface area contributed by atoms with E-state index in [0.29, 0.717) is 10.7 Å². The van der Waals surface area contributed by atoms with Gasteiger partial charge in [-0.3, -0.25) is 4.79 Å². The molecule has 0 aliphatic heterocycles. The van der Waals surface area contributed by atoms with Crippen LogP contribution in [0.2, 0.25) is 5.02 Å². The fourth-order valence-corrected chi connectivity index (χ4v) is 1.66. The van der Waals surface area contributed by atoms with Crippen LogP contribution >= 0.6 is 27.5 Å². The highest BCUT2D eigenvalue weighted by atomic mass is 79.9. The van der Waals surface area contributed by atoms with E-state index < -0.39 is 0 Å². The summed E-state index contributed by atoms with van der Waals surface area (Å²) in [6, 6.07) is 3.53. The van der Waals surface area contributed by atoms with Crippen molar-refractivity contribution < 1.29 is 4.79 Å². The first-order chi connectivity index (χ1) is 6.54. The van der Waals surface area contributed by atoms with E-state index in [2.05, 4.69) is 21.2 Å². The number of anilines is 1. The van der Waals surface area contributed by atoms with Crippen LogP contribution in [0.4, 0.5) is 5.69 Å². The summed E-state index contributed by atoms with van der Waals surface area (Å²) in [5.41, 5.74) is 6.76. The Morgan fingerprint density at radius 1 is 1.64 bits per heavy atom. The number of hydrogen-bond acceptors (Lipinski definition) is 2. The van der Waals surface area contributed by atoms with Crippen LogP contribution in [-0.2, 0) is 4.79 Å². The number of amides is 1. The molecule has 0 unspecified atom stereocenters. The number of nitrogens with two attached hydrogens (primary N) is 1. The molecule has 0 saturated heterocycles. The zero-order valence-corrected chi connectivity index (χ0v) is 9.95. The zero-order chi connectivity index (χ0) is 10.7. The molecule has 0 aliphatic rings. The van der Waals surface area contributed by atoms with E-state index >= 15 is 0 Å².